The minimum atomic E-state index is -0.468. The van der Waals surface area contributed by atoms with Crippen LogP contribution in [-0.4, -0.2) is 21.4 Å². The monoisotopic (exact) mass is 307 g/mol. The normalized spacial score (nSPS) is 10.4. The summed E-state index contributed by atoms with van der Waals surface area (Å²) in [6, 6.07) is 13.9. The lowest BCUT2D eigenvalue weighted by Crippen LogP contribution is -2.08. The van der Waals surface area contributed by atoms with Gasteiger partial charge in [0.1, 0.15) is 11.5 Å². The van der Waals surface area contributed by atoms with Crippen LogP contribution in [-0.2, 0) is 6.42 Å². The maximum absolute atomic E-state index is 11.0. The van der Waals surface area contributed by atoms with Crippen molar-refractivity contribution in [1.82, 2.24) is 9.97 Å². The first kappa shape index (κ1) is 14.5. The average Bonchev–Trinajstić information content (AvgIpc) is 2.97. The lowest BCUT2D eigenvalue weighted by atomic mass is 10.2. The number of nitriles is 1. The fourth-order valence-electron chi connectivity index (χ4n) is 2.35. The van der Waals surface area contributed by atoms with Gasteiger partial charge in [-0.05, 0) is 24.3 Å². The van der Waals surface area contributed by atoms with Crippen molar-refractivity contribution in [3.05, 3.63) is 64.0 Å². The van der Waals surface area contributed by atoms with E-state index in [0.29, 0.717) is 24.2 Å². The maximum Gasteiger partial charge on any atom is 0.292 e. The minimum absolute atomic E-state index is 0.0476. The number of aromatic nitrogens is 2. The fourth-order valence-corrected chi connectivity index (χ4v) is 2.35. The maximum atomic E-state index is 11.0. The highest BCUT2D eigenvalue weighted by molar-refractivity contribution is 5.74. The predicted molar refractivity (Wildman–Crippen MR) is 86.1 cm³/mol. The Morgan fingerprint density at radius 1 is 1.30 bits per heavy atom. The molecule has 0 atom stereocenters. The van der Waals surface area contributed by atoms with Crippen LogP contribution in [0.5, 0.6) is 0 Å². The fraction of sp³-hybridized carbons (Fsp3) is 0.125. The van der Waals surface area contributed by atoms with Crippen LogP contribution in [0.3, 0.4) is 0 Å². The molecule has 0 saturated carbocycles. The minimum Gasteiger partial charge on any atom is -0.379 e. The molecule has 0 amide bonds. The van der Waals surface area contributed by atoms with E-state index in [2.05, 4.69) is 15.3 Å². The van der Waals surface area contributed by atoms with E-state index in [0.717, 1.165) is 16.9 Å². The molecule has 3 rings (SSSR count). The van der Waals surface area contributed by atoms with Gasteiger partial charge in [-0.1, -0.05) is 12.1 Å². The molecule has 3 aromatic rings. The molecule has 0 fully saturated rings. The third-order valence-corrected chi connectivity index (χ3v) is 3.44. The zero-order chi connectivity index (χ0) is 16.2. The molecule has 23 heavy (non-hydrogen) atoms. The van der Waals surface area contributed by atoms with Crippen LogP contribution < -0.4 is 5.32 Å². The third kappa shape index (κ3) is 3.11. The summed E-state index contributed by atoms with van der Waals surface area (Å²) in [5.41, 5.74) is 2.51. The van der Waals surface area contributed by atoms with Gasteiger partial charge in [0.25, 0.3) is 5.69 Å². The van der Waals surface area contributed by atoms with E-state index in [1.54, 1.807) is 0 Å². The van der Waals surface area contributed by atoms with Gasteiger partial charge in [0.2, 0.25) is 0 Å². The average molecular weight is 307 g/mol. The number of imidazole rings is 1. The van der Waals surface area contributed by atoms with Crippen LogP contribution in [0, 0.1) is 21.4 Å². The number of rotatable bonds is 5. The number of hydrogen-bond donors (Lipinski definition) is 2. The van der Waals surface area contributed by atoms with Crippen molar-refractivity contribution in [3.8, 4) is 6.07 Å². The van der Waals surface area contributed by atoms with Gasteiger partial charge in [0.15, 0.2) is 0 Å². The second kappa shape index (κ2) is 6.15. The summed E-state index contributed by atoms with van der Waals surface area (Å²) in [6.45, 7) is 0.468. The quantitative estimate of drug-likeness (QED) is 0.556. The Morgan fingerprint density at radius 3 is 2.87 bits per heavy atom. The first-order chi connectivity index (χ1) is 11.2. The van der Waals surface area contributed by atoms with Crippen molar-refractivity contribution < 1.29 is 4.92 Å². The van der Waals surface area contributed by atoms with Crippen LogP contribution in [0.4, 0.5) is 11.4 Å². The SMILES string of the molecule is N#Cc1ccc([N+](=O)[O-])c(NCCc2nc3ccccc3[nH]2)c1. The van der Waals surface area contributed by atoms with Gasteiger partial charge < -0.3 is 10.3 Å². The topological polar surface area (TPSA) is 108 Å². The summed E-state index contributed by atoms with van der Waals surface area (Å²) >= 11 is 0. The molecule has 0 spiro atoms. The molecule has 114 valence electrons. The number of nitrogens with one attached hydrogen (secondary N) is 2. The molecule has 7 heteroatoms. The molecule has 1 aromatic heterocycles. The van der Waals surface area contributed by atoms with Crippen LogP contribution in [0.15, 0.2) is 42.5 Å². The van der Waals surface area contributed by atoms with E-state index >= 15 is 0 Å². The van der Waals surface area contributed by atoms with E-state index in [1.807, 2.05) is 30.3 Å². The van der Waals surface area contributed by atoms with Crippen molar-refractivity contribution >= 4 is 22.4 Å². The lowest BCUT2D eigenvalue weighted by Gasteiger charge is -2.06. The number of fused-ring (bicyclic) bond motifs is 1. The van der Waals surface area contributed by atoms with E-state index in [1.165, 1.54) is 18.2 Å². The van der Waals surface area contributed by atoms with Crippen molar-refractivity contribution in [2.24, 2.45) is 0 Å². The Labute approximate surface area is 131 Å². The second-order valence-electron chi connectivity index (χ2n) is 4.98. The summed E-state index contributed by atoms with van der Waals surface area (Å²) in [5, 5.41) is 23.0. The number of nitrogens with zero attached hydrogens (tertiary/aromatic N) is 3. The first-order valence-corrected chi connectivity index (χ1v) is 7.03. The van der Waals surface area contributed by atoms with Gasteiger partial charge >= 0.3 is 0 Å². The summed E-state index contributed by atoms with van der Waals surface area (Å²) in [6.07, 6.45) is 0.586. The Hall–Kier alpha value is -3.40. The summed E-state index contributed by atoms with van der Waals surface area (Å²) in [4.78, 5) is 18.2. The molecule has 2 aromatic carbocycles. The largest absolute Gasteiger partial charge is 0.379 e. The molecule has 2 N–H and O–H groups in total. The highest BCUT2D eigenvalue weighted by Crippen LogP contribution is 2.25. The molecule has 0 aliphatic rings. The lowest BCUT2D eigenvalue weighted by molar-refractivity contribution is -0.384. The van der Waals surface area contributed by atoms with Gasteiger partial charge in [-0.2, -0.15) is 5.26 Å². The number of nitro groups is 1. The van der Waals surface area contributed by atoms with Crippen LogP contribution in [0.25, 0.3) is 11.0 Å². The summed E-state index contributed by atoms with van der Waals surface area (Å²) < 4.78 is 0. The number of anilines is 1. The molecule has 0 radical (unpaired) electrons. The van der Waals surface area contributed by atoms with Gasteiger partial charge in [0.05, 0.1) is 27.6 Å². The molecule has 0 unspecified atom stereocenters. The number of aromatic amines is 1. The second-order valence-corrected chi connectivity index (χ2v) is 4.98. The highest BCUT2D eigenvalue weighted by Gasteiger charge is 2.14. The molecular weight excluding hydrogens is 294 g/mol. The Morgan fingerprint density at radius 2 is 2.13 bits per heavy atom. The smallest absolute Gasteiger partial charge is 0.292 e. The third-order valence-electron chi connectivity index (χ3n) is 3.44. The number of hydrogen-bond acceptors (Lipinski definition) is 5. The van der Waals surface area contributed by atoms with Crippen molar-refractivity contribution in [2.45, 2.75) is 6.42 Å². The Kier molecular flexibility index (Phi) is 3.89. The van der Waals surface area contributed by atoms with Crippen molar-refractivity contribution in [1.29, 1.82) is 5.26 Å². The highest BCUT2D eigenvalue weighted by atomic mass is 16.6. The number of H-pyrrole nitrogens is 1. The Bertz CT molecular complexity index is 877. The molecular formula is C16H13N5O2. The summed E-state index contributed by atoms with van der Waals surface area (Å²) in [5.74, 6) is 0.804. The van der Waals surface area contributed by atoms with Crippen LogP contribution in [0.1, 0.15) is 11.4 Å². The van der Waals surface area contributed by atoms with E-state index in [-0.39, 0.29) is 5.69 Å². The standard InChI is InChI=1S/C16H13N5O2/c17-10-11-5-6-15(21(22)23)14(9-11)18-8-7-16-19-12-3-1-2-4-13(12)20-16/h1-6,9,18H,7-8H2,(H,19,20). The Balaban J connectivity index is 1.73. The van der Waals surface area contributed by atoms with E-state index in [4.69, 9.17) is 5.26 Å². The predicted octanol–water partition coefficient (Wildman–Crippen LogP) is 3.00. The zero-order valence-corrected chi connectivity index (χ0v) is 12.1. The van der Waals surface area contributed by atoms with E-state index in [9.17, 15) is 10.1 Å². The molecule has 0 aliphatic heterocycles. The van der Waals surface area contributed by atoms with Crippen molar-refractivity contribution in [3.63, 3.8) is 0 Å². The van der Waals surface area contributed by atoms with Crippen molar-refractivity contribution in [2.75, 3.05) is 11.9 Å². The zero-order valence-electron chi connectivity index (χ0n) is 12.1. The molecule has 0 aliphatic carbocycles. The molecule has 0 saturated heterocycles. The van der Waals surface area contributed by atoms with E-state index < -0.39 is 4.92 Å². The number of benzene rings is 2. The molecule has 0 bridgehead atoms. The summed E-state index contributed by atoms with van der Waals surface area (Å²) in [7, 11) is 0. The van der Waals surface area contributed by atoms with Gasteiger partial charge in [-0.15, -0.1) is 0 Å². The van der Waals surface area contributed by atoms with Crippen LogP contribution in [0.2, 0.25) is 0 Å². The molecule has 7 nitrogen and oxygen atoms in total. The first-order valence-electron chi connectivity index (χ1n) is 7.03. The number of nitro benzene ring substituents is 1. The van der Waals surface area contributed by atoms with Crippen LogP contribution >= 0.6 is 0 Å². The van der Waals surface area contributed by atoms with Gasteiger partial charge in [-0.25, -0.2) is 4.98 Å². The van der Waals surface area contributed by atoms with Gasteiger partial charge in [-0.3, -0.25) is 10.1 Å². The molecule has 1 heterocycles. The van der Waals surface area contributed by atoms with Gasteiger partial charge in [0, 0.05) is 19.0 Å². The number of para-hydroxylation sites is 2.